The summed E-state index contributed by atoms with van der Waals surface area (Å²) in [5.41, 5.74) is 4.99. The quantitative estimate of drug-likeness (QED) is 0.0588. The number of nitrogen functional groups attached to an aromatic ring is 1. The van der Waals surface area contributed by atoms with Crippen LogP contribution >= 0.6 is 34.9 Å². The first-order valence-electron chi connectivity index (χ1n) is 13.0. The number of pyridine rings is 1. The molecule has 18 nitrogen and oxygen atoms in total. The fourth-order valence-corrected chi connectivity index (χ4v) is 7.35. The van der Waals surface area contributed by atoms with Gasteiger partial charge < -0.3 is 31.3 Å². The Morgan fingerprint density at radius 3 is 2.71 bits per heavy atom. The maximum atomic E-state index is 13.5. The molecular weight excluding hydrogens is 653 g/mol. The molecule has 238 valence electrons. The summed E-state index contributed by atoms with van der Waals surface area (Å²) in [7, 11) is 1.65. The summed E-state index contributed by atoms with van der Waals surface area (Å²) in [6.45, 7) is 3.43. The van der Waals surface area contributed by atoms with Crippen LogP contribution in [0.2, 0.25) is 0 Å². The highest BCUT2D eigenvalue weighted by Crippen LogP contribution is 2.41. The lowest BCUT2D eigenvalue weighted by atomic mass is 10.0. The SMILES string of the molecule is CC(C)[C@@H](O/N=C(\C(=O)N[C@@H]1C(=O)N2C(C(=O)O)=C(CSc3nnnn3C)CS[C@H]12)c1csc(N)n1)c1cc(=O)c(O)cn1O. The number of hydrogen-bond acceptors (Lipinski definition) is 16. The molecule has 5 rings (SSSR count). The summed E-state index contributed by atoms with van der Waals surface area (Å²) in [6.07, 6.45) is -0.254. The number of amides is 2. The number of tetrazole rings is 1. The van der Waals surface area contributed by atoms with Gasteiger partial charge in [-0.15, -0.1) is 28.2 Å². The molecule has 0 radical (unpaired) electrons. The number of carbonyl (C=O) groups is 3. The molecule has 1 saturated heterocycles. The second-order valence-corrected chi connectivity index (χ2v) is 13.0. The third-order valence-electron chi connectivity index (χ3n) is 6.67. The van der Waals surface area contributed by atoms with Crippen LogP contribution in [0.3, 0.4) is 0 Å². The molecule has 3 atom stereocenters. The number of aromatic nitrogens is 6. The van der Waals surface area contributed by atoms with Gasteiger partial charge in [0.15, 0.2) is 22.7 Å². The van der Waals surface area contributed by atoms with E-state index in [4.69, 9.17) is 10.6 Å². The summed E-state index contributed by atoms with van der Waals surface area (Å²) in [5.74, 6) is -3.33. The van der Waals surface area contributed by atoms with Gasteiger partial charge in [-0.1, -0.05) is 30.8 Å². The minimum absolute atomic E-state index is 0.0354. The van der Waals surface area contributed by atoms with Crippen molar-refractivity contribution >= 4 is 63.5 Å². The summed E-state index contributed by atoms with van der Waals surface area (Å²) >= 11 is 3.54. The zero-order chi connectivity index (χ0) is 32.6. The average molecular weight is 679 g/mol. The lowest BCUT2D eigenvalue weighted by Crippen LogP contribution is -2.71. The van der Waals surface area contributed by atoms with Gasteiger partial charge >= 0.3 is 5.97 Å². The number of thiazole rings is 1. The van der Waals surface area contributed by atoms with E-state index in [2.05, 4.69) is 31.0 Å². The molecule has 0 saturated carbocycles. The van der Waals surface area contributed by atoms with Crippen LogP contribution in [0.1, 0.15) is 31.3 Å². The number of aliphatic carboxylic acids is 1. The highest BCUT2D eigenvalue weighted by Gasteiger charge is 2.54. The van der Waals surface area contributed by atoms with Crippen LogP contribution in [0.15, 0.2) is 44.0 Å². The lowest BCUT2D eigenvalue weighted by molar-refractivity contribution is -0.150. The van der Waals surface area contributed by atoms with Gasteiger partial charge in [0.25, 0.3) is 11.8 Å². The smallest absolute Gasteiger partial charge is 0.352 e. The summed E-state index contributed by atoms with van der Waals surface area (Å²) in [4.78, 5) is 62.0. The highest BCUT2D eigenvalue weighted by atomic mass is 32.2. The van der Waals surface area contributed by atoms with E-state index in [1.807, 2.05) is 0 Å². The molecule has 2 aliphatic heterocycles. The second kappa shape index (κ2) is 12.8. The molecule has 3 aromatic rings. The number of carboxylic acid groups (broad SMARTS) is 1. The number of fused-ring (bicyclic) bond motifs is 1. The first-order valence-corrected chi connectivity index (χ1v) is 15.9. The fraction of sp³-hybridized carbons (Fsp3) is 0.375. The van der Waals surface area contributed by atoms with Crippen molar-refractivity contribution in [3.05, 3.63) is 50.5 Å². The van der Waals surface area contributed by atoms with Gasteiger partial charge in [0.05, 0.1) is 6.20 Å². The topological polar surface area (TPSA) is 253 Å². The Bertz CT molecular complexity index is 1780. The molecule has 0 unspecified atom stereocenters. The molecule has 5 heterocycles. The predicted octanol–water partition coefficient (Wildman–Crippen LogP) is 0.00230. The van der Waals surface area contributed by atoms with Gasteiger partial charge in [0.1, 0.15) is 28.5 Å². The number of aryl methyl sites for hydroxylation is 1. The molecule has 0 spiro atoms. The molecule has 0 aromatic carbocycles. The van der Waals surface area contributed by atoms with Crippen molar-refractivity contribution in [3.8, 4) is 5.75 Å². The number of oxime groups is 1. The van der Waals surface area contributed by atoms with Crippen LogP contribution in [0.4, 0.5) is 5.13 Å². The van der Waals surface area contributed by atoms with Gasteiger partial charge in [-0.2, -0.15) is 4.73 Å². The summed E-state index contributed by atoms with van der Waals surface area (Å²) in [5, 5.41) is 49.0. The lowest BCUT2D eigenvalue weighted by Gasteiger charge is -2.49. The van der Waals surface area contributed by atoms with Crippen LogP contribution in [0.25, 0.3) is 0 Å². The van der Waals surface area contributed by atoms with E-state index in [-0.39, 0.29) is 45.4 Å². The minimum Gasteiger partial charge on any atom is -0.503 e. The molecular formula is C24H26N10O8S3. The maximum absolute atomic E-state index is 13.5. The van der Waals surface area contributed by atoms with Gasteiger partial charge in [-0.3, -0.25) is 19.3 Å². The third kappa shape index (κ3) is 6.31. The number of thioether (sulfide) groups is 2. The number of β-lactam (4-membered cyclic amide) rings is 1. The van der Waals surface area contributed by atoms with E-state index in [0.29, 0.717) is 15.5 Å². The summed E-state index contributed by atoms with van der Waals surface area (Å²) < 4.78 is 1.96. The zero-order valence-corrected chi connectivity index (χ0v) is 26.2. The van der Waals surface area contributed by atoms with Crippen molar-refractivity contribution in [2.24, 2.45) is 18.1 Å². The molecule has 2 amide bonds. The Hall–Kier alpha value is -4.63. The van der Waals surface area contributed by atoms with E-state index in [0.717, 1.165) is 28.5 Å². The summed E-state index contributed by atoms with van der Waals surface area (Å²) in [6, 6.07) is -0.113. The van der Waals surface area contributed by atoms with E-state index < -0.39 is 46.5 Å². The standard InChI is InChI=1S/C24H26N10O8S3/c1-9(2)18(12-4-13(35)14(36)5-33(12)41)42-29-15(11-8-44-23(25)26-11)19(37)27-16-20(38)34-17(22(39)40)10(6-43-21(16)34)7-45-24-28-30-31-32(24)3/h4-5,8-9,16,18,21,36,41H,6-7H2,1-3H3,(H2,25,26)(H,27,37)(H,39,40)/b29-15-/t16-,18-,21-/m1/s1. The van der Waals surface area contributed by atoms with Crippen molar-refractivity contribution in [2.45, 2.75) is 36.5 Å². The average Bonchev–Trinajstić information content (AvgIpc) is 3.61. The number of carboxylic acids is 1. The Labute approximate surface area is 265 Å². The van der Waals surface area contributed by atoms with Crippen molar-refractivity contribution < 1.29 is 34.6 Å². The van der Waals surface area contributed by atoms with Gasteiger partial charge in [-0.25, -0.2) is 14.5 Å². The van der Waals surface area contributed by atoms with Crippen LogP contribution in [0.5, 0.6) is 5.75 Å². The number of nitrogens with one attached hydrogen (secondary N) is 1. The monoisotopic (exact) mass is 678 g/mol. The fourth-order valence-electron chi connectivity index (χ4n) is 4.47. The number of carbonyl (C=O) groups excluding carboxylic acids is 2. The van der Waals surface area contributed by atoms with Gasteiger partial charge in [0.2, 0.25) is 10.6 Å². The number of nitrogens with two attached hydrogens (primary N) is 1. The largest absolute Gasteiger partial charge is 0.503 e. The molecule has 45 heavy (non-hydrogen) atoms. The molecule has 21 heteroatoms. The van der Waals surface area contributed by atoms with Crippen LogP contribution in [-0.2, 0) is 26.3 Å². The molecule has 0 bridgehead atoms. The van der Waals surface area contributed by atoms with Crippen molar-refractivity contribution in [1.29, 1.82) is 0 Å². The molecule has 0 aliphatic carbocycles. The Balaban J connectivity index is 1.37. The Morgan fingerprint density at radius 2 is 2.09 bits per heavy atom. The van der Waals surface area contributed by atoms with E-state index in [1.54, 1.807) is 20.9 Å². The Kier molecular flexibility index (Phi) is 9.02. The van der Waals surface area contributed by atoms with Crippen molar-refractivity contribution in [2.75, 3.05) is 17.2 Å². The number of anilines is 1. The first kappa shape index (κ1) is 31.8. The molecule has 3 aromatic heterocycles. The third-order valence-corrected chi connectivity index (χ3v) is 9.78. The number of aromatic hydroxyl groups is 1. The van der Waals surface area contributed by atoms with Crippen molar-refractivity contribution in [1.82, 2.24) is 40.1 Å². The first-order chi connectivity index (χ1) is 21.4. The predicted molar refractivity (Wildman–Crippen MR) is 160 cm³/mol. The zero-order valence-electron chi connectivity index (χ0n) is 23.7. The van der Waals surface area contributed by atoms with Crippen LogP contribution in [-0.4, -0.2) is 96.7 Å². The molecule has 6 N–H and O–H groups in total. The minimum atomic E-state index is -1.28. The highest BCUT2D eigenvalue weighted by molar-refractivity contribution is 8.01. The van der Waals surface area contributed by atoms with E-state index in [1.165, 1.54) is 33.6 Å². The second-order valence-electron chi connectivity index (χ2n) is 10.1. The van der Waals surface area contributed by atoms with Crippen molar-refractivity contribution in [3.63, 3.8) is 0 Å². The van der Waals surface area contributed by atoms with E-state index >= 15 is 0 Å². The number of hydrogen-bond donors (Lipinski definition) is 5. The number of rotatable bonds is 11. The van der Waals surface area contributed by atoms with Gasteiger partial charge in [-0.05, 0) is 21.9 Å². The van der Waals surface area contributed by atoms with Gasteiger partial charge in [0, 0.05) is 30.0 Å². The van der Waals surface area contributed by atoms with Crippen LogP contribution < -0.4 is 16.5 Å². The normalized spacial score (nSPS) is 18.9. The number of nitrogens with zero attached hydrogens (tertiary/aromatic N) is 8. The maximum Gasteiger partial charge on any atom is 0.352 e. The molecule has 2 aliphatic rings. The van der Waals surface area contributed by atoms with E-state index in [9.17, 15) is 34.6 Å². The molecule has 1 fully saturated rings. The van der Waals surface area contributed by atoms with Crippen LogP contribution in [0, 0.1) is 5.92 Å². The Morgan fingerprint density at radius 1 is 1.33 bits per heavy atom.